The molecular formula is C16H10Cl2N2O2. The van der Waals surface area contributed by atoms with Crippen molar-refractivity contribution < 1.29 is 9.84 Å². The third-order valence-corrected chi connectivity index (χ3v) is 4.05. The number of allylic oxidation sites excluding steroid dienone is 1. The van der Waals surface area contributed by atoms with E-state index in [9.17, 15) is 10.4 Å². The van der Waals surface area contributed by atoms with E-state index < -0.39 is 5.92 Å². The summed E-state index contributed by atoms with van der Waals surface area (Å²) in [5.74, 6) is -0.0809. The smallest absolute Gasteiger partial charge is 0.205 e. The predicted octanol–water partition coefficient (Wildman–Crippen LogP) is 3.92. The minimum Gasteiger partial charge on any atom is -0.508 e. The van der Waals surface area contributed by atoms with E-state index in [0.29, 0.717) is 26.9 Å². The van der Waals surface area contributed by atoms with Gasteiger partial charge in [-0.05, 0) is 29.8 Å². The Kier molecular flexibility index (Phi) is 3.61. The Balaban J connectivity index is 2.28. The lowest BCUT2D eigenvalue weighted by molar-refractivity contribution is 0.388. The fourth-order valence-electron chi connectivity index (χ4n) is 2.50. The van der Waals surface area contributed by atoms with Gasteiger partial charge in [-0.25, -0.2) is 0 Å². The Bertz CT molecular complexity index is 841. The lowest BCUT2D eigenvalue weighted by Gasteiger charge is -2.27. The Labute approximate surface area is 136 Å². The number of ether oxygens (including phenoxy) is 1. The van der Waals surface area contributed by atoms with Crippen molar-refractivity contribution in [3.63, 3.8) is 0 Å². The number of hydrogen-bond donors (Lipinski definition) is 2. The maximum absolute atomic E-state index is 9.60. The highest BCUT2D eigenvalue weighted by Crippen LogP contribution is 2.45. The molecule has 110 valence electrons. The summed E-state index contributed by atoms with van der Waals surface area (Å²) in [5, 5.41) is 20.0. The molecule has 2 aromatic carbocycles. The quantitative estimate of drug-likeness (QED) is 0.829. The number of rotatable bonds is 1. The molecule has 1 aliphatic rings. The molecule has 3 rings (SSSR count). The van der Waals surface area contributed by atoms with Gasteiger partial charge in [-0.15, -0.1) is 0 Å². The summed E-state index contributed by atoms with van der Waals surface area (Å²) >= 11 is 12.3. The standard InChI is InChI=1S/C16H10Cl2N2O2/c17-8-1-4-13(18)11(5-8)15-10-3-2-9(21)6-14(10)22-16(20)12(15)7-19/h1-6,15,21H,20H2. The molecule has 1 unspecified atom stereocenters. The Morgan fingerprint density at radius 1 is 1.14 bits per heavy atom. The van der Waals surface area contributed by atoms with Crippen LogP contribution in [-0.2, 0) is 0 Å². The van der Waals surface area contributed by atoms with Gasteiger partial charge in [0.05, 0.1) is 5.92 Å². The highest BCUT2D eigenvalue weighted by molar-refractivity contribution is 6.33. The van der Waals surface area contributed by atoms with Crippen LogP contribution in [0.25, 0.3) is 0 Å². The Morgan fingerprint density at radius 2 is 1.91 bits per heavy atom. The summed E-state index contributed by atoms with van der Waals surface area (Å²) in [6.07, 6.45) is 0. The van der Waals surface area contributed by atoms with Crippen LogP contribution in [-0.4, -0.2) is 5.11 Å². The first-order chi connectivity index (χ1) is 10.5. The molecule has 1 heterocycles. The minimum atomic E-state index is -0.499. The van der Waals surface area contributed by atoms with Gasteiger partial charge in [-0.3, -0.25) is 0 Å². The number of phenols is 1. The Morgan fingerprint density at radius 3 is 2.64 bits per heavy atom. The van der Waals surface area contributed by atoms with E-state index in [1.807, 2.05) is 0 Å². The molecule has 0 aromatic heterocycles. The molecule has 0 fully saturated rings. The number of hydrogen-bond acceptors (Lipinski definition) is 4. The van der Waals surface area contributed by atoms with E-state index in [1.165, 1.54) is 12.1 Å². The lowest BCUT2D eigenvalue weighted by Crippen LogP contribution is -2.21. The molecule has 22 heavy (non-hydrogen) atoms. The predicted molar refractivity (Wildman–Crippen MR) is 83.9 cm³/mol. The fourth-order valence-corrected chi connectivity index (χ4v) is 2.91. The van der Waals surface area contributed by atoms with Gasteiger partial charge < -0.3 is 15.6 Å². The second-order valence-corrected chi connectivity index (χ2v) is 5.66. The van der Waals surface area contributed by atoms with Crippen molar-refractivity contribution in [3.8, 4) is 17.6 Å². The van der Waals surface area contributed by atoms with E-state index >= 15 is 0 Å². The molecule has 0 radical (unpaired) electrons. The topological polar surface area (TPSA) is 79.3 Å². The van der Waals surface area contributed by atoms with Crippen LogP contribution in [0.4, 0.5) is 0 Å². The summed E-state index contributed by atoms with van der Waals surface area (Å²) in [7, 11) is 0. The van der Waals surface area contributed by atoms with Gasteiger partial charge in [-0.1, -0.05) is 29.3 Å². The molecule has 4 nitrogen and oxygen atoms in total. The van der Waals surface area contributed by atoms with Crippen molar-refractivity contribution in [2.75, 3.05) is 0 Å². The average Bonchev–Trinajstić information content (AvgIpc) is 2.48. The fraction of sp³-hybridized carbons (Fsp3) is 0.0625. The van der Waals surface area contributed by atoms with Gasteiger partial charge in [0.1, 0.15) is 23.1 Å². The zero-order chi connectivity index (χ0) is 15.9. The molecule has 0 aliphatic carbocycles. The van der Waals surface area contributed by atoms with Crippen molar-refractivity contribution >= 4 is 23.2 Å². The molecule has 0 amide bonds. The monoisotopic (exact) mass is 332 g/mol. The van der Waals surface area contributed by atoms with Gasteiger partial charge in [0.25, 0.3) is 0 Å². The van der Waals surface area contributed by atoms with Crippen LogP contribution >= 0.6 is 23.2 Å². The van der Waals surface area contributed by atoms with Crippen LogP contribution in [0.3, 0.4) is 0 Å². The second-order valence-electron chi connectivity index (χ2n) is 4.81. The first-order valence-corrected chi connectivity index (χ1v) is 7.12. The van der Waals surface area contributed by atoms with E-state index in [2.05, 4.69) is 6.07 Å². The molecule has 1 aliphatic heterocycles. The van der Waals surface area contributed by atoms with Crippen molar-refractivity contribution in [1.29, 1.82) is 5.26 Å². The summed E-state index contributed by atoms with van der Waals surface area (Å²) in [6, 6.07) is 11.7. The van der Waals surface area contributed by atoms with E-state index in [4.69, 9.17) is 33.7 Å². The maximum atomic E-state index is 9.60. The Hall–Kier alpha value is -2.35. The van der Waals surface area contributed by atoms with Crippen molar-refractivity contribution in [2.24, 2.45) is 5.73 Å². The average molecular weight is 333 g/mol. The van der Waals surface area contributed by atoms with Crippen molar-refractivity contribution in [3.05, 3.63) is 69.0 Å². The zero-order valence-corrected chi connectivity index (χ0v) is 12.7. The van der Waals surface area contributed by atoms with Gasteiger partial charge in [0.2, 0.25) is 5.88 Å². The molecule has 2 aromatic rings. The maximum Gasteiger partial charge on any atom is 0.205 e. The largest absolute Gasteiger partial charge is 0.508 e. The van der Waals surface area contributed by atoms with Gasteiger partial charge >= 0.3 is 0 Å². The van der Waals surface area contributed by atoms with Crippen LogP contribution in [0, 0.1) is 11.3 Å². The molecule has 6 heteroatoms. The third-order valence-electron chi connectivity index (χ3n) is 3.47. The minimum absolute atomic E-state index is 0.0124. The number of nitrogens with two attached hydrogens (primary N) is 1. The highest BCUT2D eigenvalue weighted by Gasteiger charge is 2.32. The SMILES string of the molecule is N#CC1=C(N)Oc2cc(O)ccc2C1c1cc(Cl)ccc1Cl. The van der Waals surface area contributed by atoms with Gasteiger partial charge in [-0.2, -0.15) is 5.26 Å². The molecule has 0 saturated carbocycles. The summed E-state index contributed by atoms with van der Waals surface area (Å²) < 4.78 is 5.44. The first-order valence-electron chi connectivity index (χ1n) is 6.36. The number of nitriles is 1. The van der Waals surface area contributed by atoms with Crippen molar-refractivity contribution in [1.82, 2.24) is 0 Å². The molecule has 1 atom stereocenters. The van der Waals surface area contributed by atoms with E-state index in [1.54, 1.807) is 24.3 Å². The van der Waals surface area contributed by atoms with Crippen LogP contribution in [0.15, 0.2) is 47.9 Å². The zero-order valence-electron chi connectivity index (χ0n) is 11.2. The van der Waals surface area contributed by atoms with Crippen molar-refractivity contribution in [2.45, 2.75) is 5.92 Å². The molecule has 0 spiro atoms. The number of aromatic hydroxyl groups is 1. The van der Waals surface area contributed by atoms with Crippen LogP contribution in [0.1, 0.15) is 17.0 Å². The number of benzene rings is 2. The number of phenolic OH excluding ortho intramolecular Hbond substituents is 1. The van der Waals surface area contributed by atoms with Gasteiger partial charge in [0, 0.05) is 21.7 Å². The molecule has 3 N–H and O–H groups in total. The lowest BCUT2D eigenvalue weighted by atomic mass is 9.83. The van der Waals surface area contributed by atoms with Crippen LogP contribution < -0.4 is 10.5 Å². The number of fused-ring (bicyclic) bond motifs is 1. The molecule has 0 bridgehead atoms. The number of nitrogens with zero attached hydrogens (tertiary/aromatic N) is 1. The van der Waals surface area contributed by atoms with E-state index in [-0.39, 0.29) is 17.2 Å². The highest BCUT2D eigenvalue weighted by atomic mass is 35.5. The second kappa shape index (κ2) is 5.45. The molecular weight excluding hydrogens is 323 g/mol. The normalized spacial score (nSPS) is 16.7. The molecule has 0 saturated heterocycles. The van der Waals surface area contributed by atoms with E-state index in [0.717, 1.165) is 0 Å². The summed E-state index contributed by atoms with van der Waals surface area (Å²) in [6.45, 7) is 0. The summed E-state index contributed by atoms with van der Waals surface area (Å²) in [4.78, 5) is 0. The number of halogens is 2. The van der Waals surface area contributed by atoms with Crippen LogP contribution in [0.2, 0.25) is 10.0 Å². The van der Waals surface area contributed by atoms with Gasteiger partial charge in [0.15, 0.2) is 0 Å². The summed E-state index contributed by atoms with van der Waals surface area (Å²) in [5.41, 5.74) is 7.44. The third kappa shape index (κ3) is 2.35. The van der Waals surface area contributed by atoms with Crippen LogP contribution in [0.5, 0.6) is 11.5 Å². The first kappa shape index (κ1) is 14.6.